The molecule has 0 aliphatic heterocycles. The largest absolute Gasteiger partial charge is 0.417 e. The van der Waals surface area contributed by atoms with Crippen LogP contribution < -0.4 is 0 Å². The minimum Gasteiger partial charge on any atom is -0.403 e. The molecule has 18 heavy (non-hydrogen) atoms. The highest BCUT2D eigenvalue weighted by Crippen LogP contribution is 2.27. The van der Waals surface area contributed by atoms with Crippen molar-refractivity contribution in [1.82, 2.24) is 0 Å². The Morgan fingerprint density at radius 2 is 1.67 bits per heavy atom. The lowest BCUT2D eigenvalue weighted by Gasteiger charge is -2.25. The molecule has 5 heteroatoms. The van der Waals surface area contributed by atoms with Crippen LogP contribution >= 0.6 is 0 Å². The Morgan fingerprint density at radius 1 is 1.11 bits per heavy atom. The van der Waals surface area contributed by atoms with Crippen LogP contribution in [0.15, 0.2) is 36.4 Å². The molecule has 1 aromatic carbocycles. The smallest absolute Gasteiger partial charge is 0.403 e. The van der Waals surface area contributed by atoms with Crippen molar-refractivity contribution in [3.63, 3.8) is 0 Å². The number of rotatable bonds is 4. The van der Waals surface area contributed by atoms with Gasteiger partial charge in [-0.2, -0.15) is 13.2 Å². The van der Waals surface area contributed by atoms with E-state index in [1.807, 2.05) is 6.07 Å². The molecular weight excluding hydrogens is 257 g/mol. The van der Waals surface area contributed by atoms with Gasteiger partial charge >= 0.3 is 6.18 Å². The summed E-state index contributed by atoms with van der Waals surface area (Å²) in [4.78, 5) is 0. The van der Waals surface area contributed by atoms with Crippen LogP contribution in [0.4, 0.5) is 13.2 Å². The lowest BCUT2D eigenvalue weighted by atomic mass is 10.2. The first-order chi connectivity index (χ1) is 8.18. The van der Waals surface area contributed by atoms with Crippen LogP contribution in [0.1, 0.15) is 5.56 Å². The molecule has 0 heterocycles. The zero-order chi connectivity index (χ0) is 13.8. The van der Waals surface area contributed by atoms with Crippen LogP contribution in [0.3, 0.4) is 0 Å². The molecule has 100 valence electrons. The van der Waals surface area contributed by atoms with Crippen molar-refractivity contribution >= 4 is 14.4 Å². The predicted octanol–water partition coefficient (Wildman–Crippen LogP) is 4.48. The molecule has 1 aromatic rings. The average molecular weight is 274 g/mol. The van der Waals surface area contributed by atoms with E-state index in [0.29, 0.717) is 0 Å². The van der Waals surface area contributed by atoms with Crippen LogP contribution in [-0.2, 0) is 4.43 Å². The van der Waals surface area contributed by atoms with Crippen LogP contribution in [0.2, 0.25) is 19.6 Å². The zero-order valence-electron chi connectivity index (χ0n) is 10.7. The quantitative estimate of drug-likeness (QED) is 0.735. The van der Waals surface area contributed by atoms with E-state index >= 15 is 0 Å². The summed E-state index contributed by atoms with van der Waals surface area (Å²) < 4.78 is 43.5. The molecule has 0 N–H and O–H groups in total. The van der Waals surface area contributed by atoms with Crippen LogP contribution in [-0.4, -0.2) is 20.6 Å². The van der Waals surface area contributed by atoms with E-state index < -0.39 is 20.6 Å². The van der Waals surface area contributed by atoms with Gasteiger partial charge in [0.25, 0.3) is 0 Å². The fourth-order valence-corrected chi connectivity index (χ4v) is 2.33. The molecule has 0 saturated heterocycles. The molecule has 1 nitrogen and oxygen atoms in total. The Labute approximate surface area is 106 Å². The minimum atomic E-state index is -4.37. The molecule has 0 fully saturated rings. The Hall–Kier alpha value is -1.07. The van der Waals surface area contributed by atoms with Crippen LogP contribution in [0, 0.1) is 0 Å². The van der Waals surface area contributed by atoms with E-state index in [2.05, 4.69) is 0 Å². The topological polar surface area (TPSA) is 9.23 Å². The maximum Gasteiger partial charge on any atom is 0.417 e. The maximum atomic E-state index is 12.8. The number of hydrogen-bond donors (Lipinski definition) is 0. The molecule has 0 aliphatic carbocycles. The Bertz CT molecular complexity index is 393. The van der Waals surface area contributed by atoms with E-state index in [1.165, 1.54) is 6.08 Å². The third-order valence-corrected chi connectivity index (χ3v) is 3.03. The Morgan fingerprint density at radius 3 is 2.11 bits per heavy atom. The molecule has 1 atom stereocenters. The van der Waals surface area contributed by atoms with Crippen molar-refractivity contribution in [2.75, 3.05) is 0 Å². The van der Waals surface area contributed by atoms with Gasteiger partial charge in [0.15, 0.2) is 14.4 Å². The lowest BCUT2D eigenvalue weighted by molar-refractivity contribution is -0.182. The number of halogens is 3. The van der Waals surface area contributed by atoms with Crippen molar-refractivity contribution in [3.05, 3.63) is 42.0 Å². The number of benzene rings is 1. The molecule has 0 aliphatic rings. The van der Waals surface area contributed by atoms with Gasteiger partial charge in [-0.3, -0.25) is 0 Å². The number of hydrogen-bond acceptors (Lipinski definition) is 1. The highest BCUT2D eigenvalue weighted by atomic mass is 28.4. The minimum absolute atomic E-state index is 0.728. The monoisotopic (exact) mass is 274 g/mol. The molecule has 0 amide bonds. The second kappa shape index (κ2) is 5.71. The maximum absolute atomic E-state index is 12.8. The summed E-state index contributed by atoms with van der Waals surface area (Å²) in [6.07, 6.45) is -3.68. The standard InChI is InChI=1S/C13H17F3OSi/c1-18(2,3)17-12(13(14,15)16)10-9-11-7-5-4-6-8-11/h4-10,12H,1-3H3/b10-9+. The van der Waals surface area contributed by atoms with Crippen molar-refractivity contribution in [3.8, 4) is 0 Å². The van der Waals surface area contributed by atoms with Gasteiger partial charge in [-0.15, -0.1) is 0 Å². The Kier molecular flexibility index (Phi) is 4.75. The number of alkyl halides is 3. The van der Waals surface area contributed by atoms with Crippen molar-refractivity contribution in [2.45, 2.75) is 31.9 Å². The van der Waals surface area contributed by atoms with Gasteiger partial charge in [0.2, 0.25) is 0 Å². The lowest BCUT2D eigenvalue weighted by Crippen LogP contribution is -2.39. The molecule has 0 saturated carbocycles. The molecule has 0 bridgehead atoms. The fraction of sp³-hybridized carbons (Fsp3) is 0.385. The summed E-state index contributed by atoms with van der Waals surface area (Å²) in [5.41, 5.74) is 0.728. The summed E-state index contributed by atoms with van der Waals surface area (Å²) >= 11 is 0. The van der Waals surface area contributed by atoms with Crippen LogP contribution in [0.25, 0.3) is 6.08 Å². The first kappa shape index (κ1) is 15.0. The van der Waals surface area contributed by atoms with E-state index in [9.17, 15) is 13.2 Å². The molecular formula is C13H17F3OSi. The van der Waals surface area contributed by atoms with Gasteiger partial charge in [-0.25, -0.2) is 0 Å². The third kappa shape index (κ3) is 5.51. The summed E-state index contributed by atoms with van der Waals surface area (Å²) in [6.45, 7) is 5.21. The van der Waals surface area contributed by atoms with E-state index in [0.717, 1.165) is 11.6 Å². The SMILES string of the molecule is C[Si](C)(C)OC(/C=C/c1ccccc1)C(F)(F)F. The average Bonchev–Trinajstić information content (AvgIpc) is 2.22. The highest BCUT2D eigenvalue weighted by Gasteiger charge is 2.41. The fourth-order valence-electron chi connectivity index (χ4n) is 1.36. The van der Waals surface area contributed by atoms with Gasteiger partial charge in [-0.05, 0) is 31.3 Å². The first-order valence-electron chi connectivity index (χ1n) is 5.66. The van der Waals surface area contributed by atoms with Crippen molar-refractivity contribution in [2.24, 2.45) is 0 Å². The van der Waals surface area contributed by atoms with E-state index in [-0.39, 0.29) is 0 Å². The van der Waals surface area contributed by atoms with Crippen molar-refractivity contribution in [1.29, 1.82) is 0 Å². The van der Waals surface area contributed by atoms with E-state index in [4.69, 9.17) is 4.43 Å². The molecule has 0 radical (unpaired) electrons. The zero-order valence-corrected chi connectivity index (χ0v) is 11.7. The summed E-state index contributed by atoms with van der Waals surface area (Å²) in [5, 5.41) is 0. The normalized spacial score (nSPS) is 15.0. The molecule has 0 spiro atoms. The van der Waals surface area contributed by atoms with Crippen LogP contribution in [0.5, 0.6) is 0 Å². The Balaban J connectivity index is 2.83. The van der Waals surface area contributed by atoms with Gasteiger partial charge in [0.1, 0.15) is 0 Å². The summed E-state index contributed by atoms with van der Waals surface area (Å²) in [5.74, 6) is 0. The molecule has 0 aromatic heterocycles. The van der Waals surface area contributed by atoms with Gasteiger partial charge in [0, 0.05) is 0 Å². The van der Waals surface area contributed by atoms with Gasteiger partial charge in [-0.1, -0.05) is 36.4 Å². The first-order valence-corrected chi connectivity index (χ1v) is 9.07. The summed E-state index contributed by atoms with van der Waals surface area (Å²) in [6, 6.07) is 8.87. The second-order valence-electron chi connectivity index (χ2n) is 4.96. The molecule has 1 unspecified atom stereocenters. The third-order valence-electron chi connectivity index (χ3n) is 2.07. The second-order valence-corrected chi connectivity index (χ2v) is 9.42. The van der Waals surface area contributed by atoms with Crippen molar-refractivity contribution < 1.29 is 17.6 Å². The molecule has 1 rings (SSSR count). The highest BCUT2D eigenvalue weighted by molar-refractivity contribution is 6.69. The van der Waals surface area contributed by atoms with E-state index in [1.54, 1.807) is 43.9 Å². The van der Waals surface area contributed by atoms with Gasteiger partial charge in [0.05, 0.1) is 0 Å². The predicted molar refractivity (Wildman–Crippen MR) is 69.8 cm³/mol. The summed E-state index contributed by atoms with van der Waals surface area (Å²) in [7, 11) is -2.24. The van der Waals surface area contributed by atoms with Gasteiger partial charge < -0.3 is 4.43 Å².